The molecule has 34 heavy (non-hydrogen) atoms. The standard InChI is InChI=1S/C29H46F4O/c1-20-2-9-23(10-3-20)24-11-6-21(7-12-24)4-5-22-8-17-28(34-19-22)26-15-13-25(14-16-26)27(30)18-29(31,32)33/h18,20-26,28H,2-17,19H2,1H3/b27-18-. The molecule has 0 spiro atoms. The molecule has 1 aliphatic heterocycles. The molecule has 1 saturated heterocycles. The van der Waals surface area contributed by atoms with Crippen LogP contribution in [0.2, 0.25) is 0 Å². The van der Waals surface area contributed by atoms with E-state index in [0.29, 0.717) is 24.7 Å². The molecular weight excluding hydrogens is 440 g/mol. The van der Waals surface area contributed by atoms with E-state index >= 15 is 0 Å². The fourth-order valence-corrected chi connectivity index (χ4v) is 7.64. The minimum absolute atomic E-state index is 0.150. The maximum atomic E-state index is 13.9. The Balaban J connectivity index is 1.09. The van der Waals surface area contributed by atoms with Crippen molar-refractivity contribution in [1.29, 1.82) is 0 Å². The van der Waals surface area contributed by atoms with Crippen LogP contribution in [0.15, 0.2) is 11.9 Å². The summed E-state index contributed by atoms with van der Waals surface area (Å²) in [5, 5.41) is 0. The molecule has 0 amide bonds. The normalized spacial score (nSPS) is 40.8. The van der Waals surface area contributed by atoms with Crippen molar-refractivity contribution in [1.82, 2.24) is 0 Å². The molecule has 196 valence electrons. The van der Waals surface area contributed by atoms with E-state index in [4.69, 9.17) is 4.74 Å². The third-order valence-electron chi connectivity index (χ3n) is 10.00. The summed E-state index contributed by atoms with van der Waals surface area (Å²) in [7, 11) is 0. The van der Waals surface area contributed by atoms with Crippen molar-refractivity contribution < 1.29 is 22.3 Å². The minimum atomic E-state index is -4.56. The molecule has 3 aliphatic carbocycles. The molecule has 2 atom stereocenters. The molecule has 4 fully saturated rings. The monoisotopic (exact) mass is 486 g/mol. The molecule has 0 bridgehead atoms. The van der Waals surface area contributed by atoms with E-state index in [1.165, 1.54) is 70.6 Å². The first-order valence-corrected chi connectivity index (χ1v) is 14.3. The highest BCUT2D eigenvalue weighted by Crippen LogP contribution is 2.43. The van der Waals surface area contributed by atoms with Crippen molar-refractivity contribution in [2.75, 3.05) is 6.61 Å². The van der Waals surface area contributed by atoms with E-state index in [-0.39, 0.29) is 12.2 Å². The molecule has 0 aromatic carbocycles. The Morgan fingerprint density at radius 2 is 1.24 bits per heavy atom. The van der Waals surface area contributed by atoms with Gasteiger partial charge in [-0.1, -0.05) is 39.0 Å². The van der Waals surface area contributed by atoms with Crippen LogP contribution in [0, 0.1) is 41.4 Å². The predicted octanol–water partition coefficient (Wildman–Crippen LogP) is 9.42. The van der Waals surface area contributed by atoms with Crippen LogP contribution in [0.5, 0.6) is 0 Å². The first-order chi connectivity index (χ1) is 16.3. The Hall–Kier alpha value is -0.580. The van der Waals surface area contributed by atoms with E-state index < -0.39 is 17.9 Å². The van der Waals surface area contributed by atoms with Gasteiger partial charge in [-0.25, -0.2) is 4.39 Å². The lowest BCUT2D eigenvalue weighted by Gasteiger charge is -2.39. The fourth-order valence-electron chi connectivity index (χ4n) is 7.64. The number of hydrogen-bond donors (Lipinski definition) is 0. The summed E-state index contributed by atoms with van der Waals surface area (Å²) in [4.78, 5) is 0. The van der Waals surface area contributed by atoms with Crippen LogP contribution in [0.4, 0.5) is 17.6 Å². The van der Waals surface area contributed by atoms with Gasteiger partial charge in [-0.15, -0.1) is 0 Å². The summed E-state index contributed by atoms with van der Waals surface area (Å²) >= 11 is 0. The van der Waals surface area contributed by atoms with E-state index in [1.54, 1.807) is 0 Å². The molecule has 0 N–H and O–H groups in total. The summed E-state index contributed by atoms with van der Waals surface area (Å²) in [5.74, 6) is 3.35. The second-order valence-electron chi connectivity index (χ2n) is 12.4. The molecule has 4 rings (SSSR count). The van der Waals surface area contributed by atoms with E-state index in [1.807, 2.05) is 0 Å². The van der Waals surface area contributed by atoms with Gasteiger partial charge in [0.1, 0.15) is 5.83 Å². The third kappa shape index (κ3) is 7.71. The van der Waals surface area contributed by atoms with Gasteiger partial charge in [0.15, 0.2) is 0 Å². The van der Waals surface area contributed by atoms with Gasteiger partial charge in [-0.05, 0) is 106 Å². The third-order valence-corrected chi connectivity index (χ3v) is 10.00. The molecular formula is C29H46F4O. The molecule has 4 aliphatic rings. The van der Waals surface area contributed by atoms with Crippen LogP contribution in [0.3, 0.4) is 0 Å². The maximum absolute atomic E-state index is 13.9. The molecule has 5 heteroatoms. The van der Waals surface area contributed by atoms with Gasteiger partial charge in [-0.3, -0.25) is 0 Å². The summed E-state index contributed by atoms with van der Waals surface area (Å²) in [6.07, 6.45) is 14.6. The first-order valence-electron chi connectivity index (χ1n) is 14.3. The highest BCUT2D eigenvalue weighted by molar-refractivity contribution is 5.03. The highest BCUT2D eigenvalue weighted by Gasteiger charge is 2.35. The molecule has 0 radical (unpaired) electrons. The fraction of sp³-hybridized carbons (Fsp3) is 0.931. The second-order valence-corrected chi connectivity index (χ2v) is 12.4. The topological polar surface area (TPSA) is 9.23 Å². The Morgan fingerprint density at radius 3 is 1.79 bits per heavy atom. The van der Waals surface area contributed by atoms with E-state index in [2.05, 4.69) is 6.92 Å². The summed E-state index contributed by atoms with van der Waals surface area (Å²) in [6, 6.07) is 0. The Morgan fingerprint density at radius 1 is 0.706 bits per heavy atom. The van der Waals surface area contributed by atoms with Crippen molar-refractivity contribution in [3.63, 3.8) is 0 Å². The van der Waals surface area contributed by atoms with Crippen molar-refractivity contribution in [3.05, 3.63) is 11.9 Å². The van der Waals surface area contributed by atoms with Crippen molar-refractivity contribution in [2.24, 2.45) is 41.4 Å². The van der Waals surface area contributed by atoms with Crippen LogP contribution in [-0.2, 0) is 4.74 Å². The van der Waals surface area contributed by atoms with Crippen LogP contribution in [0.25, 0.3) is 0 Å². The Kier molecular flexibility index (Phi) is 9.43. The predicted molar refractivity (Wildman–Crippen MR) is 129 cm³/mol. The average Bonchev–Trinajstić information content (AvgIpc) is 2.83. The zero-order chi connectivity index (χ0) is 24.1. The second kappa shape index (κ2) is 12.1. The Labute approximate surface area is 204 Å². The molecule has 2 unspecified atom stereocenters. The van der Waals surface area contributed by atoms with E-state index in [9.17, 15) is 17.6 Å². The Bertz CT molecular complexity index is 627. The summed E-state index contributed by atoms with van der Waals surface area (Å²) < 4.78 is 57.4. The van der Waals surface area contributed by atoms with Crippen molar-refractivity contribution in [3.8, 4) is 0 Å². The SMILES string of the molecule is CC1CCC(C2CCC(CCC3CCC(C4CCC(/C(F)=C/C(F)(F)F)CC4)OC3)CC2)CC1. The smallest absolute Gasteiger partial charge is 0.378 e. The lowest BCUT2D eigenvalue weighted by atomic mass is 9.68. The van der Waals surface area contributed by atoms with Crippen LogP contribution in [-0.4, -0.2) is 18.9 Å². The summed E-state index contributed by atoms with van der Waals surface area (Å²) in [6.45, 7) is 3.25. The van der Waals surface area contributed by atoms with Gasteiger partial charge in [0.2, 0.25) is 0 Å². The van der Waals surface area contributed by atoms with Crippen LogP contribution < -0.4 is 0 Å². The van der Waals surface area contributed by atoms with Gasteiger partial charge in [0.25, 0.3) is 0 Å². The zero-order valence-electron chi connectivity index (χ0n) is 21.1. The zero-order valence-corrected chi connectivity index (χ0v) is 21.1. The number of halogens is 4. The van der Waals surface area contributed by atoms with Crippen LogP contribution >= 0.6 is 0 Å². The minimum Gasteiger partial charge on any atom is -0.378 e. The number of rotatable bonds is 6. The molecule has 1 heterocycles. The van der Waals surface area contributed by atoms with Crippen molar-refractivity contribution in [2.45, 2.75) is 122 Å². The van der Waals surface area contributed by atoms with E-state index in [0.717, 1.165) is 49.5 Å². The van der Waals surface area contributed by atoms with Gasteiger partial charge in [-0.2, -0.15) is 13.2 Å². The lowest BCUT2D eigenvalue weighted by molar-refractivity contribution is -0.0826. The molecule has 3 saturated carbocycles. The average molecular weight is 487 g/mol. The van der Waals surface area contributed by atoms with Gasteiger partial charge in [0.05, 0.1) is 12.2 Å². The maximum Gasteiger partial charge on any atom is 0.412 e. The molecule has 1 nitrogen and oxygen atoms in total. The molecule has 0 aromatic rings. The lowest BCUT2D eigenvalue weighted by Crippen LogP contribution is -2.34. The number of ether oxygens (including phenoxy) is 1. The summed E-state index contributed by atoms with van der Waals surface area (Å²) in [5.41, 5.74) is 0. The van der Waals surface area contributed by atoms with Gasteiger partial charge < -0.3 is 4.74 Å². The highest BCUT2D eigenvalue weighted by atomic mass is 19.4. The van der Waals surface area contributed by atoms with Crippen molar-refractivity contribution >= 4 is 0 Å². The largest absolute Gasteiger partial charge is 0.412 e. The number of allylic oxidation sites excluding steroid dienone is 2. The van der Waals surface area contributed by atoms with Gasteiger partial charge in [0, 0.05) is 12.5 Å². The van der Waals surface area contributed by atoms with Crippen LogP contribution in [0.1, 0.15) is 110 Å². The number of alkyl halides is 3. The van der Waals surface area contributed by atoms with Gasteiger partial charge >= 0.3 is 6.18 Å². The first kappa shape index (κ1) is 26.5. The quantitative estimate of drug-likeness (QED) is 0.340. The molecule has 0 aromatic heterocycles. The number of hydrogen-bond acceptors (Lipinski definition) is 1.